The molecule has 1 amide bonds. The summed E-state index contributed by atoms with van der Waals surface area (Å²) in [5.74, 6) is -1.03. The van der Waals surface area contributed by atoms with Gasteiger partial charge in [-0.15, -0.1) is 0 Å². The fourth-order valence-electron chi connectivity index (χ4n) is 2.26. The minimum atomic E-state index is -3.09. The zero-order valence-corrected chi connectivity index (χ0v) is 11.8. The van der Waals surface area contributed by atoms with Gasteiger partial charge in [-0.1, -0.05) is 0 Å². The average molecular weight is 327 g/mol. The summed E-state index contributed by atoms with van der Waals surface area (Å²) in [5, 5.41) is 2.37. The van der Waals surface area contributed by atoms with E-state index in [-0.39, 0.29) is 23.7 Å². The number of nitrogens with one attached hydrogen (secondary N) is 1. The Morgan fingerprint density at radius 3 is 3.04 bits per heavy atom. The summed E-state index contributed by atoms with van der Waals surface area (Å²) in [6, 6.07) is 2.90. The molecule has 0 spiro atoms. The molecule has 0 aliphatic carbocycles. The number of carbonyl (C=O) groups excluding carboxylic acids is 1. The first-order valence-electron chi connectivity index (χ1n) is 6.72. The fraction of sp³-hybridized carbons (Fsp3) is 0.286. The van der Waals surface area contributed by atoms with Crippen molar-refractivity contribution in [3.05, 3.63) is 41.7 Å². The Balaban J connectivity index is 1.85. The molecule has 122 valence electrons. The Morgan fingerprint density at radius 1 is 1.43 bits per heavy atom. The number of alkyl halides is 2. The fourth-order valence-corrected chi connectivity index (χ4v) is 2.26. The number of rotatable bonds is 4. The first kappa shape index (κ1) is 15.3. The number of fused-ring (bicyclic) bond motifs is 1. The maximum atomic E-state index is 13.3. The predicted octanol–water partition coefficient (Wildman–Crippen LogP) is 2.41. The van der Waals surface area contributed by atoms with Crippen LogP contribution in [0.1, 0.15) is 16.3 Å². The van der Waals surface area contributed by atoms with Gasteiger partial charge >= 0.3 is 6.61 Å². The molecule has 1 aromatic carbocycles. The molecule has 0 bridgehead atoms. The monoisotopic (exact) mass is 327 g/mol. The second-order valence-electron chi connectivity index (χ2n) is 4.74. The molecule has 0 atom stereocenters. The van der Waals surface area contributed by atoms with Gasteiger partial charge in [0.15, 0.2) is 0 Å². The number of nitrogens with zero attached hydrogens (tertiary/aromatic N) is 2. The third kappa shape index (κ3) is 3.29. The maximum absolute atomic E-state index is 13.3. The van der Waals surface area contributed by atoms with Crippen LogP contribution in [0.4, 0.5) is 18.9 Å². The molecule has 0 saturated carbocycles. The van der Waals surface area contributed by atoms with Gasteiger partial charge in [-0.3, -0.25) is 4.79 Å². The molecule has 6 nitrogen and oxygen atoms in total. The number of imidazole rings is 1. The van der Waals surface area contributed by atoms with Crippen molar-refractivity contribution in [2.24, 2.45) is 0 Å². The number of aromatic nitrogens is 2. The van der Waals surface area contributed by atoms with Gasteiger partial charge in [-0.25, -0.2) is 9.37 Å². The molecule has 9 heteroatoms. The molecule has 1 aromatic heterocycles. The van der Waals surface area contributed by atoms with Crippen LogP contribution in [-0.2, 0) is 17.9 Å². The van der Waals surface area contributed by atoms with Crippen molar-refractivity contribution in [2.75, 3.05) is 11.9 Å². The van der Waals surface area contributed by atoms with Gasteiger partial charge in [0.05, 0.1) is 18.5 Å². The summed E-state index contributed by atoms with van der Waals surface area (Å²) in [4.78, 5) is 16.4. The normalized spacial score (nSPS) is 13.7. The van der Waals surface area contributed by atoms with Gasteiger partial charge in [-0.05, 0) is 12.1 Å². The molecule has 1 aliphatic heterocycles. The Hall–Kier alpha value is -2.55. The van der Waals surface area contributed by atoms with Gasteiger partial charge in [0, 0.05) is 12.6 Å². The number of carbonyl (C=O) groups is 1. The lowest BCUT2D eigenvalue weighted by atomic mass is 10.2. The van der Waals surface area contributed by atoms with E-state index in [4.69, 9.17) is 4.74 Å². The molecule has 0 saturated heterocycles. The van der Waals surface area contributed by atoms with Gasteiger partial charge in [0.2, 0.25) is 0 Å². The lowest BCUT2D eigenvalue weighted by Crippen LogP contribution is -2.23. The number of hydrogen-bond acceptors (Lipinski definition) is 4. The van der Waals surface area contributed by atoms with E-state index >= 15 is 0 Å². The van der Waals surface area contributed by atoms with E-state index in [9.17, 15) is 18.0 Å². The predicted molar refractivity (Wildman–Crippen MR) is 72.9 cm³/mol. The van der Waals surface area contributed by atoms with Crippen LogP contribution in [-0.4, -0.2) is 28.7 Å². The minimum absolute atomic E-state index is 0.182. The number of ether oxygens (including phenoxy) is 2. The number of halogens is 3. The first-order chi connectivity index (χ1) is 11.0. The minimum Gasteiger partial charge on any atom is -0.433 e. The van der Waals surface area contributed by atoms with Crippen LogP contribution in [0.25, 0.3) is 0 Å². The summed E-state index contributed by atoms with van der Waals surface area (Å²) < 4.78 is 49.2. The second-order valence-corrected chi connectivity index (χ2v) is 4.74. The number of hydrogen-bond donors (Lipinski definition) is 1. The molecule has 1 N–H and O–H groups in total. The smallest absolute Gasteiger partial charge is 0.387 e. The maximum Gasteiger partial charge on any atom is 0.387 e. The number of benzene rings is 1. The standard InChI is InChI=1S/C14H12F3N3O3/c15-8-1-2-11(23-14(16)17)9(5-8)19-13(21)10-6-18-12-7-22-4-3-20(10)12/h1-2,5-6,14H,3-4,7H2,(H,19,21). The van der Waals surface area contributed by atoms with Crippen LogP contribution in [0.2, 0.25) is 0 Å². The van der Waals surface area contributed by atoms with E-state index < -0.39 is 18.3 Å². The number of amides is 1. The first-order valence-corrected chi connectivity index (χ1v) is 6.72. The van der Waals surface area contributed by atoms with E-state index in [1.54, 1.807) is 4.57 Å². The van der Waals surface area contributed by atoms with E-state index in [2.05, 4.69) is 15.0 Å². The van der Waals surface area contributed by atoms with Crippen LogP contribution in [0.3, 0.4) is 0 Å². The lowest BCUT2D eigenvalue weighted by Gasteiger charge is -2.17. The van der Waals surface area contributed by atoms with E-state index in [1.165, 1.54) is 6.20 Å². The topological polar surface area (TPSA) is 65.4 Å². The van der Waals surface area contributed by atoms with Crippen molar-refractivity contribution in [1.29, 1.82) is 0 Å². The van der Waals surface area contributed by atoms with Crippen LogP contribution >= 0.6 is 0 Å². The molecule has 2 heterocycles. The van der Waals surface area contributed by atoms with E-state index in [0.29, 0.717) is 19.0 Å². The molecule has 23 heavy (non-hydrogen) atoms. The van der Waals surface area contributed by atoms with Crippen molar-refractivity contribution in [3.63, 3.8) is 0 Å². The molecule has 3 rings (SSSR count). The summed E-state index contributed by atoms with van der Waals surface area (Å²) in [6.07, 6.45) is 1.35. The van der Waals surface area contributed by atoms with Gasteiger partial charge in [0.1, 0.15) is 29.7 Å². The molecule has 0 radical (unpaired) electrons. The lowest BCUT2D eigenvalue weighted by molar-refractivity contribution is -0.0494. The Morgan fingerprint density at radius 2 is 2.26 bits per heavy atom. The van der Waals surface area contributed by atoms with Gasteiger partial charge in [-0.2, -0.15) is 8.78 Å². The van der Waals surface area contributed by atoms with Crippen LogP contribution in [0.5, 0.6) is 5.75 Å². The van der Waals surface area contributed by atoms with Crippen LogP contribution < -0.4 is 10.1 Å². The Kier molecular flexibility index (Phi) is 4.20. The van der Waals surface area contributed by atoms with Crippen molar-refractivity contribution >= 4 is 11.6 Å². The average Bonchev–Trinajstić information content (AvgIpc) is 2.93. The third-order valence-corrected chi connectivity index (χ3v) is 3.27. The molecule has 0 fully saturated rings. The summed E-state index contributed by atoms with van der Waals surface area (Å²) in [6.45, 7) is -1.92. The Labute approximate surface area is 128 Å². The molecular formula is C14H12F3N3O3. The highest BCUT2D eigenvalue weighted by molar-refractivity contribution is 6.03. The molecule has 0 unspecified atom stereocenters. The molecular weight excluding hydrogens is 315 g/mol. The van der Waals surface area contributed by atoms with Crippen LogP contribution in [0.15, 0.2) is 24.4 Å². The summed E-state index contributed by atoms with van der Waals surface area (Å²) >= 11 is 0. The molecule has 2 aromatic rings. The quantitative estimate of drug-likeness (QED) is 0.936. The second kappa shape index (κ2) is 6.29. The zero-order valence-electron chi connectivity index (χ0n) is 11.8. The SMILES string of the molecule is O=C(Nc1cc(F)ccc1OC(F)F)c1cnc2n1CCOC2. The van der Waals surface area contributed by atoms with E-state index in [1.807, 2.05) is 0 Å². The Bertz CT molecular complexity index is 733. The van der Waals surface area contributed by atoms with Crippen LogP contribution in [0, 0.1) is 5.82 Å². The molecule has 1 aliphatic rings. The van der Waals surface area contributed by atoms with Crippen molar-refractivity contribution in [3.8, 4) is 5.75 Å². The van der Waals surface area contributed by atoms with Crippen molar-refractivity contribution in [2.45, 2.75) is 19.8 Å². The highest BCUT2D eigenvalue weighted by Crippen LogP contribution is 2.27. The van der Waals surface area contributed by atoms with Gasteiger partial charge in [0.25, 0.3) is 5.91 Å². The van der Waals surface area contributed by atoms with Crippen molar-refractivity contribution in [1.82, 2.24) is 9.55 Å². The van der Waals surface area contributed by atoms with Gasteiger partial charge < -0.3 is 19.4 Å². The largest absolute Gasteiger partial charge is 0.433 e. The van der Waals surface area contributed by atoms with Crippen molar-refractivity contribution < 1.29 is 27.4 Å². The summed E-state index contributed by atoms with van der Waals surface area (Å²) in [5.41, 5.74) is 0.0495. The highest BCUT2D eigenvalue weighted by Gasteiger charge is 2.21. The summed E-state index contributed by atoms with van der Waals surface area (Å²) in [7, 11) is 0. The highest BCUT2D eigenvalue weighted by atomic mass is 19.3. The van der Waals surface area contributed by atoms with E-state index in [0.717, 1.165) is 18.2 Å². The third-order valence-electron chi connectivity index (χ3n) is 3.27. The number of anilines is 1. The zero-order chi connectivity index (χ0) is 16.4.